The number of halogens is 2. The van der Waals surface area contributed by atoms with Crippen molar-refractivity contribution in [3.8, 4) is 11.5 Å². The van der Waals surface area contributed by atoms with Crippen molar-refractivity contribution in [3.05, 3.63) is 39.5 Å². The Bertz CT molecular complexity index is 1070. The van der Waals surface area contributed by atoms with Crippen molar-refractivity contribution < 1.29 is 0 Å². The predicted octanol–water partition coefficient (Wildman–Crippen LogP) is 3.78. The average Bonchev–Trinajstić information content (AvgIpc) is 2.98. The van der Waals surface area contributed by atoms with Crippen LogP contribution in [0.1, 0.15) is 18.4 Å². The quantitative estimate of drug-likeness (QED) is 0.357. The summed E-state index contributed by atoms with van der Waals surface area (Å²) in [7, 11) is 3.70. The lowest BCUT2D eigenvalue weighted by Gasteiger charge is -2.21. The van der Waals surface area contributed by atoms with Gasteiger partial charge in [0.15, 0.2) is 21.8 Å². The van der Waals surface area contributed by atoms with Gasteiger partial charge >= 0.3 is 0 Å². The van der Waals surface area contributed by atoms with Gasteiger partial charge in [0.1, 0.15) is 0 Å². The van der Waals surface area contributed by atoms with Crippen LogP contribution in [0.4, 0.5) is 0 Å². The molecule has 2 aromatic heterocycles. The maximum Gasteiger partial charge on any atom is 0.191 e. The Kier molecular flexibility index (Phi) is 5.41. The smallest absolute Gasteiger partial charge is 0.191 e. The first kappa shape index (κ1) is 20.5. The number of aryl methyl sites for hydroxylation is 1. The number of thioether (sulfide) groups is 1. The molecule has 2 aliphatic rings. The maximum atomic E-state index is 6.24. The summed E-state index contributed by atoms with van der Waals surface area (Å²) < 4.78 is 4.62. The van der Waals surface area contributed by atoms with E-state index in [1.54, 1.807) is 18.8 Å². The van der Waals surface area contributed by atoms with Gasteiger partial charge in [0.25, 0.3) is 0 Å². The predicted molar refractivity (Wildman–Crippen MR) is 122 cm³/mol. The number of piperidine rings is 1. The number of benzene rings is 1. The van der Waals surface area contributed by atoms with Crippen molar-refractivity contribution in [2.45, 2.75) is 23.4 Å². The lowest BCUT2D eigenvalue weighted by molar-refractivity contribution is 0.299. The van der Waals surface area contributed by atoms with Gasteiger partial charge in [-0.2, -0.15) is 0 Å². The summed E-state index contributed by atoms with van der Waals surface area (Å²) in [6.45, 7) is 3.53. The Labute approximate surface area is 193 Å². The SMILES string of the molecule is Cn1nnc(-c2nnc(SCCCN3CC4CC4(c4ccc(Br)cc4)C3)n2C)c1Cl. The van der Waals surface area contributed by atoms with E-state index in [2.05, 4.69) is 65.6 Å². The molecule has 2 fully saturated rings. The molecule has 0 amide bonds. The third-order valence-electron chi connectivity index (χ3n) is 6.29. The Morgan fingerprint density at radius 1 is 1.20 bits per heavy atom. The molecule has 158 valence electrons. The van der Waals surface area contributed by atoms with Crippen LogP contribution in [0.3, 0.4) is 0 Å². The van der Waals surface area contributed by atoms with Crippen molar-refractivity contribution in [1.82, 2.24) is 34.7 Å². The summed E-state index contributed by atoms with van der Waals surface area (Å²) in [5, 5.41) is 18.0. The highest BCUT2D eigenvalue weighted by Gasteiger charge is 2.60. The molecule has 0 bridgehead atoms. The zero-order valence-electron chi connectivity index (χ0n) is 16.9. The fourth-order valence-corrected chi connectivity index (χ4v) is 5.82. The van der Waals surface area contributed by atoms with Crippen LogP contribution < -0.4 is 0 Å². The van der Waals surface area contributed by atoms with Gasteiger partial charge in [0.2, 0.25) is 0 Å². The molecule has 3 heterocycles. The molecule has 0 spiro atoms. The lowest BCUT2D eigenvalue weighted by Crippen LogP contribution is -2.27. The first-order chi connectivity index (χ1) is 14.5. The molecule has 7 nitrogen and oxygen atoms in total. The Morgan fingerprint density at radius 2 is 2.00 bits per heavy atom. The molecule has 1 saturated heterocycles. The summed E-state index contributed by atoms with van der Waals surface area (Å²) in [5.74, 6) is 2.48. The van der Waals surface area contributed by atoms with Gasteiger partial charge in [-0.25, -0.2) is 4.68 Å². The van der Waals surface area contributed by atoms with Crippen LogP contribution in [0.5, 0.6) is 0 Å². The van der Waals surface area contributed by atoms with Crippen LogP contribution in [0.2, 0.25) is 5.15 Å². The molecule has 3 aromatic rings. The first-order valence-electron chi connectivity index (χ1n) is 10.0. The van der Waals surface area contributed by atoms with Gasteiger partial charge < -0.3 is 9.47 Å². The Hall–Kier alpha value is -1.42. The summed E-state index contributed by atoms with van der Waals surface area (Å²) in [4.78, 5) is 2.62. The summed E-state index contributed by atoms with van der Waals surface area (Å²) >= 11 is 11.5. The van der Waals surface area contributed by atoms with Gasteiger partial charge in [-0.15, -0.1) is 15.3 Å². The highest BCUT2D eigenvalue weighted by molar-refractivity contribution is 9.10. The number of aromatic nitrogens is 6. The minimum absolute atomic E-state index is 0.405. The molecule has 1 aliphatic carbocycles. The molecule has 1 aliphatic heterocycles. The van der Waals surface area contributed by atoms with Gasteiger partial charge in [0.05, 0.1) is 0 Å². The fourth-order valence-electron chi connectivity index (χ4n) is 4.57. The highest BCUT2D eigenvalue weighted by Crippen LogP contribution is 2.59. The molecule has 1 aromatic carbocycles. The minimum Gasteiger partial charge on any atom is -0.304 e. The van der Waals surface area contributed by atoms with E-state index in [9.17, 15) is 0 Å². The monoisotopic (exact) mass is 507 g/mol. The molecule has 0 N–H and O–H groups in total. The summed E-state index contributed by atoms with van der Waals surface area (Å²) in [6.07, 6.45) is 2.47. The number of fused-ring (bicyclic) bond motifs is 1. The molecule has 30 heavy (non-hydrogen) atoms. The summed E-state index contributed by atoms with van der Waals surface area (Å²) in [6, 6.07) is 8.92. The topological polar surface area (TPSA) is 64.7 Å². The van der Waals surface area contributed by atoms with Crippen LogP contribution in [0.25, 0.3) is 11.5 Å². The standard InChI is InChI=1S/C20H23BrClN7S/c1-27-18(16-17(22)28(2)26-23-16)24-25-19(27)30-9-3-8-29-11-14-10-20(14,12-29)13-4-6-15(21)7-5-13/h4-7,14H,3,8-12H2,1-2H3. The third-order valence-corrected chi connectivity index (χ3v) is 8.35. The van der Waals surface area contributed by atoms with Crippen LogP contribution in [-0.2, 0) is 19.5 Å². The van der Waals surface area contributed by atoms with Gasteiger partial charge in [-0.1, -0.05) is 56.6 Å². The molecular formula is C20H23BrClN7S. The second kappa shape index (κ2) is 7.93. The molecule has 2 atom stereocenters. The molecule has 10 heteroatoms. The fraction of sp³-hybridized carbons (Fsp3) is 0.500. The number of hydrogen-bond donors (Lipinski definition) is 0. The van der Waals surface area contributed by atoms with Crippen molar-refractivity contribution >= 4 is 39.3 Å². The maximum absolute atomic E-state index is 6.24. The van der Waals surface area contributed by atoms with Crippen molar-refractivity contribution in [3.63, 3.8) is 0 Å². The summed E-state index contributed by atoms with van der Waals surface area (Å²) in [5.41, 5.74) is 2.47. The molecule has 5 rings (SSSR count). The van der Waals surface area contributed by atoms with E-state index in [0.29, 0.717) is 22.1 Å². The molecular weight excluding hydrogens is 486 g/mol. The van der Waals surface area contributed by atoms with E-state index in [0.717, 1.165) is 34.3 Å². The van der Waals surface area contributed by atoms with Gasteiger partial charge in [0, 0.05) is 42.8 Å². The zero-order chi connectivity index (χ0) is 20.9. The van der Waals surface area contributed by atoms with E-state index >= 15 is 0 Å². The zero-order valence-corrected chi connectivity index (χ0v) is 20.1. The average molecular weight is 509 g/mol. The van der Waals surface area contributed by atoms with Crippen LogP contribution in [0, 0.1) is 5.92 Å². The van der Waals surface area contributed by atoms with Crippen molar-refractivity contribution in [2.75, 3.05) is 25.4 Å². The number of rotatable bonds is 7. The first-order valence-corrected chi connectivity index (χ1v) is 12.2. The molecule has 0 radical (unpaired) electrons. The van der Waals surface area contributed by atoms with E-state index in [1.807, 2.05) is 11.6 Å². The minimum atomic E-state index is 0.405. The second-order valence-electron chi connectivity index (χ2n) is 8.22. The number of likely N-dealkylation sites (tertiary alicyclic amines) is 1. The van der Waals surface area contributed by atoms with E-state index in [-0.39, 0.29) is 0 Å². The van der Waals surface area contributed by atoms with Crippen LogP contribution in [0.15, 0.2) is 33.9 Å². The lowest BCUT2D eigenvalue weighted by atomic mass is 9.95. The normalized spacial score (nSPS) is 23.1. The second-order valence-corrected chi connectivity index (χ2v) is 10.6. The Morgan fingerprint density at radius 3 is 2.73 bits per heavy atom. The van der Waals surface area contributed by atoms with E-state index in [1.165, 1.54) is 29.8 Å². The van der Waals surface area contributed by atoms with Crippen molar-refractivity contribution in [1.29, 1.82) is 0 Å². The van der Waals surface area contributed by atoms with Crippen LogP contribution in [-0.4, -0.2) is 60.0 Å². The molecule has 1 saturated carbocycles. The van der Waals surface area contributed by atoms with Gasteiger partial charge in [-0.05, 0) is 43.0 Å². The highest BCUT2D eigenvalue weighted by atomic mass is 79.9. The van der Waals surface area contributed by atoms with Crippen LogP contribution >= 0.6 is 39.3 Å². The van der Waals surface area contributed by atoms with Crippen molar-refractivity contribution in [2.24, 2.45) is 20.0 Å². The van der Waals surface area contributed by atoms with E-state index < -0.39 is 0 Å². The molecule has 2 unspecified atom stereocenters. The van der Waals surface area contributed by atoms with E-state index in [4.69, 9.17) is 11.6 Å². The Balaban J connectivity index is 1.13. The largest absolute Gasteiger partial charge is 0.304 e. The number of hydrogen-bond acceptors (Lipinski definition) is 6. The third kappa shape index (κ3) is 3.59. The number of nitrogens with zero attached hydrogens (tertiary/aromatic N) is 7. The van der Waals surface area contributed by atoms with Gasteiger partial charge in [-0.3, -0.25) is 0 Å².